The van der Waals surface area contributed by atoms with Crippen LogP contribution in [0.5, 0.6) is 0 Å². The second kappa shape index (κ2) is 7.51. The van der Waals surface area contributed by atoms with Crippen molar-refractivity contribution < 1.29 is 9.53 Å². The van der Waals surface area contributed by atoms with Crippen molar-refractivity contribution in [2.75, 3.05) is 14.1 Å². The molecule has 0 saturated heterocycles. The maximum atomic E-state index is 12.0. The van der Waals surface area contributed by atoms with Gasteiger partial charge < -0.3 is 9.64 Å². The number of carbonyl (C=O) groups is 1. The van der Waals surface area contributed by atoms with Crippen LogP contribution in [0.3, 0.4) is 0 Å². The van der Waals surface area contributed by atoms with Crippen LogP contribution in [0.25, 0.3) is 0 Å². The fraction of sp³-hybridized carbons (Fsp3) is 0.533. The molecule has 1 aromatic rings. The summed E-state index contributed by atoms with van der Waals surface area (Å²) in [7, 11) is 4.18. The van der Waals surface area contributed by atoms with Gasteiger partial charge in [-0.05, 0) is 51.9 Å². The number of esters is 1. The molecule has 0 bridgehead atoms. The van der Waals surface area contributed by atoms with Crippen LogP contribution in [0.4, 0.5) is 0 Å². The third kappa shape index (κ3) is 4.51. The Labute approximate surface area is 121 Å². The van der Waals surface area contributed by atoms with E-state index in [2.05, 4.69) is 19.0 Å². The van der Waals surface area contributed by atoms with Crippen LogP contribution >= 0.6 is 12.4 Å². The lowest BCUT2D eigenvalue weighted by atomic mass is 9.92. The van der Waals surface area contributed by atoms with Crippen LogP contribution in [0.2, 0.25) is 0 Å². The molecule has 0 heterocycles. The summed E-state index contributed by atoms with van der Waals surface area (Å²) >= 11 is 0. The monoisotopic (exact) mass is 283 g/mol. The first-order chi connectivity index (χ1) is 8.66. The third-order valence-corrected chi connectivity index (χ3v) is 3.61. The Morgan fingerprint density at radius 1 is 1.21 bits per heavy atom. The second-order valence-corrected chi connectivity index (χ2v) is 5.18. The summed E-state index contributed by atoms with van der Waals surface area (Å²) in [6.45, 7) is 0. The quantitative estimate of drug-likeness (QED) is 0.798. The molecule has 0 aromatic heterocycles. The van der Waals surface area contributed by atoms with Crippen molar-refractivity contribution in [2.45, 2.75) is 37.8 Å². The minimum atomic E-state index is -0.194. The molecular weight excluding hydrogens is 262 g/mol. The molecule has 106 valence electrons. The lowest BCUT2D eigenvalue weighted by Gasteiger charge is -2.32. The molecule has 3 nitrogen and oxygen atoms in total. The summed E-state index contributed by atoms with van der Waals surface area (Å²) in [4.78, 5) is 14.2. The fourth-order valence-electron chi connectivity index (χ4n) is 2.49. The number of hydrogen-bond donors (Lipinski definition) is 0. The second-order valence-electron chi connectivity index (χ2n) is 5.18. The van der Waals surface area contributed by atoms with Crippen molar-refractivity contribution in [3.63, 3.8) is 0 Å². The van der Waals surface area contributed by atoms with Crippen LogP contribution in [0, 0.1) is 0 Å². The van der Waals surface area contributed by atoms with E-state index in [1.165, 1.54) is 6.42 Å². The van der Waals surface area contributed by atoms with Crippen molar-refractivity contribution in [3.8, 4) is 0 Å². The van der Waals surface area contributed by atoms with Gasteiger partial charge in [0.25, 0.3) is 0 Å². The largest absolute Gasteiger partial charge is 0.459 e. The Balaban J connectivity index is 0.00000180. The fourth-order valence-corrected chi connectivity index (χ4v) is 2.49. The molecule has 1 fully saturated rings. The molecule has 0 spiro atoms. The number of nitrogens with zero attached hydrogens (tertiary/aromatic N) is 1. The number of benzene rings is 1. The minimum Gasteiger partial charge on any atom is -0.459 e. The average Bonchev–Trinajstić information content (AvgIpc) is 2.40. The van der Waals surface area contributed by atoms with E-state index >= 15 is 0 Å². The normalized spacial score (nSPS) is 22.7. The van der Waals surface area contributed by atoms with Crippen molar-refractivity contribution in [2.24, 2.45) is 0 Å². The highest BCUT2D eigenvalue weighted by atomic mass is 35.5. The van der Waals surface area contributed by atoms with Crippen LogP contribution in [0.1, 0.15) is 36.0 Å². The van der Waals surface area contributed by atoms with Gasteiger partial charge in [-0.1, -0.05) is 18.2 Å². The molecule has 0 N–H and O–H groups in total. The van der Waals surface area contributed by atoms with Crippen molar-refractivity contribution in [3.05, 3.63) is 35.9 Å². The van der Waals surface area contributed by atoms with E-state index in [-0.39, 0.29) is 24.5 Å². The highest BCUT2D eigenvalue weighted by Gasteiger charge is 2.26. The molecule has 0 radical (unpaired) electrons. The van der Waals surface area contributed by atoms with Crippen molar-refractivity contribution in [1.82, 2.24) is 4.90 Å². The Morgan fingerprint density at radius 3 is 2.53 bits per heavy atom. The predicted molar refractivity (Wildman–Crippen MR) is 78.8 cm³/mol. The van der Waals surface area contributed by atoms with E-state index < -0.39 is 0 Å². The Bertz CT molecular complexity index is 394. The van der Waals surface area contributed by atoms with Gasteiger partial charge in [0.1, 0.15) is 6.10 Å². The van der Waals surface area contributed by atoms with Gasteiger partial charge in [-0.2, -0.15) is 0 Å². The summed E-state index contributed by atoms with van der Waals surface area (Å²) in [5, 5.41) is 0. The summed E-state index contributed by atoms with van der Waals surface area (Å²) in [6, 6.07) is 9.76. The van der Waals surface area contributed by atoms with Crippen LogP contribution in [-0.2, 0) is 4.74 Å². The molecule has 0 amide bonds. The van der Waals surface area contributed by atoms with Gasteiger partial charge in [0, 0.05) is 6.04 Å². The molecule has 1 saturated carbocycles. The van der Waals surface area contributed by atoms with E-state index in [1.54, 1.807) is 12.1 Å². The maximum absolute atomic E-state index is 12.0. The smallest absolute Gasteiger partial charge is 0.338 e. The van der Waals surface area contributed by atoms with Crippen LogP contribution in [0.15, 0.2) is 30.3 Å². The standard InChI is InChI=1S/C15H21NO2.ClH/c1-16(2)13-9-6-10-14(11-13)18-15(17)12-7-4-3-5-8-12;/h3-5,7-8,13-14H,6,9-11H2,1-2H3;1H. The van der Waals surface area contributed by atoms with Gasteiger partial charge >= 0.3 is 5.97 Å². The summed E-state index contributed by atoms with van der Waals surface area (Å²) in [5.74, 6) is -0.194. The first kappa shape index (κ1) is 16.0. The molecular formula is C15H22ClNO2. The zero-order valence-corrected chi connectivity index (χ0v) is 12.4. The zero-order chi connectivity index (χ0) is 13.0. The third-order valence-electron chi connectivity index (χ3n) is 3.61. The molecule has 2 atom stereocenters. The van der Waals surface area contributed by atoms with E-state index in [4.69, 9.17) is 4.74 Å². The number of rotatable bonds is 3. The summed E-state index contributed by atoms with van der Waals surface area (Å²) in [6.07, 6.45) is 4.34. The molecule has 19 heavy (non-hydrogen) atoms. The molecule has 1 aliphatic carbocycles. The van der Waals surface area contributed by atoms with E-state index in [0.29, 0.717) is 11.6 Å². The molecule has 2 unspecified atom stereocenters. The SMILES string of the molecule is CN(C)C1CCCC(OC(=O)c2ccccc2)C1.Cl. The average molecular weight is 284 g/mol. The Kier molecular flexibility index (Phi) is 6.32. The first-order valence-electron chi connectivity index (χ1n) is 6.59. The van der Waals surface area contributed by atoms with Crippen LogP contribution < -0.4 is 0 Å². The highest BCUT2D eigenvalue weighted by Crippen LogP contribution is 2.24. The molecule has 0 aliphatic heterocycles. The predicted octanol–water partition coefficient (Wildman–Crippen LogP) is 3.14. The molecule has 2 rings (SSSR count). The molecule has 1 aromatic carbocycles. The summed E-state index contributed by atoms with van der Waals surface area (Å²) < 4.78 is 5.59. The number of halogens is 1. The van der Waals surface area contributed by atoms with Gasteiger partial charge in [-0.25, -0.2) is 4.79 Å². The van der Waals surface area contributed by atoms with E-state index in [0.717, 1.165) is 19.3 Å². The van der Waals surface area contributed by atoms with Gasteiger partial charge in [0.15, 0.2) is 0 Å². The topological polar surface area (TPSA) is 29.5 Å². The number of carbonyl (C=O) groups excluding carboxylic acids is 1. The van der Waals surface area contributed by atoms with Crippen molar-refractivity contribution >= 4 is 18.4 Å². The lowest BCUT2D eigenvalue weighted by molar-refractivity contribution is 0.0107. The number of hydrogen-bond acceptors (Lipinski definition) is 3. The van der Waals surface area contributed by atoms with E-state index in [9.17, 15) is 4.79 Å². The summed E-state index contributed by atoms with van der Waals surface area (Å²) in [5.41, 5.74) is 0.643. The van der Waals surface area contributed by atoms with Gasteiger partial charge in [-0.15, -0.1) is 12.4 Å². The first-order valence-corrected chi connectivity index (χ1v) is 6.59. The Hall–Kier alpha value is -1.06. The van der Waals surface area contributed by atoms with E-state index in [1.807, 2.05) is 18.2 Å². The lowest BCUT2D eigenvalue weighted by Crippen LogP contribution is -2.37. The zero-order valence-electron chi connectivity index (χ0n) is 11.5. The number of ether oxygens (including phenoxy) is 1. The van der Waals surface area contributed by atoms with Crippen molar-refractivity contribution in [1.29, 1.82) is 0 Å². The van der Waals surface area contributed by atoms with Gasteiger partial charge in [0.05, 0.1) is 5.56 Å². The Morgan fingerprint density at radius 2 is 1.89 bits per heavy atom. The minimum absolute atomic E-state index is 0. The van der Waals surface area contributed by atoms with Gasteiger partial charge in [-0.3, -0.25) is 0 Å². The highest BCUT2D eigenvalue weighted by molar-refractivity contribution is 5.89. The van der Waals surface area contributed by atoms with Gasteiger partial charge in [0.2, 0.25) is 0 Å². The maximum Gasteiger partial charge on any atom is 0.338 e. The van der Waals surface area contributed by atoms with Crippen LogP contribution in [-0.4, -0.2) is 37.1 Å². The molecule has 4 heteroatoms. The molecule has 1 aliphatic rings.